The van der Waals surface area contributed by atoms with E-state index in [1.54, 1.807) is 22.8 Å². The maximum atomic E-state index is 13.7. The van der Waals surface area contributed by atoms with Crippen LogP contribution in [-0.4, -0.2) is 33.4 Å². The van der Waals surface area contributed by atoms with Gasteiger partial charge in [0.15, 0.2) is 11.5 Å². The van der Waals surface area contributed by atoms with Gasteiger partial charge in [0.1, 0.15) is 17.3 Å². The Hall–Kier alpha value is -3.95. The SMILES string of the molecule is COc1cc(C)c(Nc2nc(=O)n3nccc3n2Cc2cc(F)cc(F)c2)cc1OC. The van der Waals surface area contributed by atoms with E-state index in [0.717, 1.165) is 16.1 Å². The van der Waals surface area contributed by atoms with Crippen molar-refractivity contribution in [3.8, 4) is 11.5 Å². The van der Waals surface area contributed by atoms with E-state index in [1.807, 2.05) is 6.92 Å². The molecule has 0 bridgehead atoms. The lowest BCUT2D eigenvalue weighted by molar-refractivity contribution is 0.355. The molecular weight excluding hydrogens is 408 g/mol. The Balaban J connectivity index is 1.84. The number of halogens is 2. The minimum atomic E-state index is -0.696. The molecule has 1 N–H and O–H groups in total. The summed E-state index contributed by atoms with van der Waals surface area (Å²) >= 11 is 0. The minimum Gasteiger partial charge on any atom is -0.493 e. The Morgan fingerprint density at radius 2 is 1.71 bits per heavy atom. The van der Waals surface area contributed by atoms with Crippen molar-refractivity contribution in [2.24, 2.45) is 0 Å². The normalized spacial score (nSPS) is 11.0. The Morgan fingerprint density at radius 3 is 2.39 bits per heavy atom. The van der Waals surface area contributed by atoms with Crippen molar-refractivity contribution in [2.75, 3.05) is 19.5 Å². The third-order valence-corrected chi connectivity index (χ3v) is 4.78. The van der Waals surface area contributed by atoms with Crippen LogP contribution in [0.5, 0.6) is 11.5 Å². The number of hydrogen-bond donors (Lipinski definition) is 1. The summed E-state index contributed by atoms with van der Waals surface area (Å²) in [6.07, 6.45) is 1.45. The standard InChI is InChI=1S/C21H19F2N5O3/c1-12-6-17(30-2)18(31-3)10-16(12)25-20-26-21(29)28-19(4-5-24-28)27(20)11-13-7-14(22)9-15(23)8-13/h4-10H,11H2,1-3H3,(H,25,26,29). The second-order valence-electron chi connectivity index (χ2n) is 6.83. The van der Waals surface area contributed by atoms with E-state index < -0.39 is 17.3 Å². The highest BCUT2D eigenvalue weighted by atomic mass is 19.1. The van der Waals surface area contributed by atoms with Crippen molar-refractivity contribution in [1.82, 2.24) is 19.2 Å². The Kier molecular flexibility index (Phi) is 5.28. The summed E-state index contributed by atoms with van der Waals surface area (Å²) in [6, 6.07) is 8.36. The molecular formula is C21H19F2N5O3. The van der Waals surface area contributed by atoms with Gasteiger partial charge in [-0.25, -0.2) is 13.6 Å². The van der Waals surface area contributed by atoms with Crippen LogP contribution in [0.25, 0.3) is 5.65 Å². The van der Waals surface area contributed by atoms with Crippen LogP contribution in [0, 0.1) is 18.6 Å². The number of aromatic nitrogens is 4. The Bertz CT molecular complexity index is 1310. The maximum Gasteiger partial charge on any atom is 0.373 e. The summed E-state index contributed by atoms with van der Waals surface area (Å²) in [5.74, 6) is -0.171. The van der Waals surface area contributed by atoms with Gasteiger partial charge < -0.3 is 14.8 Å². The van der Waals surface area contributed by atoms with Gasteiger partial charge in [-0.2, -0.15) is 14.6 Å². The predicted octanol–water partition coefficient (Wildman–Crippen LogP) is 3.29. The summed E-state index contributed by atoms with van der Waals surface area (Å²) in [6.45, 7) is 1.90. The van der Waals surface area contributed by atoms with Gasteiger partial charge in [0.25, 0.3) is 0 Å². The second kappa shape index (κ2) is 8.05. The number of hydrogen-bond acceptors (Lipinski definition) is 6. The Labute approximate surface area is 175 Å². The number of rotatable bonds is 6. The van der Waals surface area contributed by atoms with E-state index in [0.29, 0.717) is 28.4 Å². The smallest absolute Gasteiger partial charge is 0.373 e. The second-order valence-corrected chi connectivity index (χ2v) is 6.83. The summed E-state index contributed by atoms with van der Waals surface area (Å²) in [5, 5.41) is 7.11. The van der Waals surface area contributed by atoms with Gasteiger partial charge in [-0.1, -0.05) is 0 Å². The van der Waals surface area contributed by atoms with Crippen LogP contribution in [0.15, 0.2) is 47.4 Å². The van der Waals surface area contributed by atoms with Crippen molar-refractivity contribution >= 4 is 17.3 Å². The number of ether oxygens (including phenoxy) is 2. The molecule has 0 amide bonds. The van der Waals surface area contributed by atoms with Gasteiger partial charge >= 0.3 is 5.69 Å². The predicted molar refractivity (Wildman–Crippen MR) is 110 cm³/mol. The van der Waals surface area contributed by atoms with Gasteiger partial charge in [-0.15, -0.1) is 0 Å². The van der Waals surface area contributed by atoms with E-state index in [-0.39, 0.29) is 12.5 Å². The molecule has 0 saturated heterocycles. The van der Waals surface area contributed by atoms with Crippen LogP contribution < -0.4 is 20.5 Å². The molecule has 2 heterocycles. The number of nitrogens with zero attached hydrogens (tertiary/aromatic N) is 4. The third kappa shape index (κ3) is 3.91. The number of fused-ring (bicyclic) bond motifs is 1. The molecule has 160 valence electrons. The summed E-state index contributed by atoms with van der Waals surface area (Å²) < 4.78 is 40.8. The molecule has 2 aromatic heterocycles. The quantitative estimate of drug-likeness (QED) is 0.509. The lowest BCUT2D eigenvalue weighted by Crippen LogP contribution is -2.25. The summed E-state index contributed by atoms with van der Waals surface area (Å²) in [4.78, 5) is 16.5. The van der Waals surface area contributed by atoms with Gasteiger partial charge in [0.05, 0.1) is 27.0 Å². The fourth-order valence-electron chi connectivity index (χ4n) is 3.33. The van der Waals surface area contributed by atoms with E-state index in [1.165, 1.54) is 32.5 Å². The van der Waals surface area contributed by atoms with E-state index in [9.17, 15) is 13.6 Å². The molecule has 4 aromatic rings. The lowest BCUT2D eigenvalue weighted by atomic mass is 10.1. The minimum absolute atomic E-state index is 0.0474. The molecule has 0 aliphatic carbocycles. The average Bonchev–Trinajstić information content (AvgIpc) is 3.22. The molecule has 4 rings (SSSR count). The number of benzene rings is 2. The van der Waals surface area contributed by atoms with Crippen LogP contribution in [0.1, 0.15) is 11.1 Å². The van der Waals surface area contributed by atoms with Crippen molar-refractivity contribution < 1.29 is 18.3 Å². The molecule has 0 radical (unpaired) electrons. The molecule has 0 atom stereocenters. The van der Waals surface area contributed by atoms with Gasteiger partial charge in [-0.05, 0) is 36.2 Å². The first-order chi connectivity index (χ1) is 14.9. The number of nitrogens with one attached hydrogen (secondary N) is 1. The third-order valence-electron chi connectivity index (χ3n) is 4.78. The fourth-order valence-corrected chi connectivity index (χ4v) is 3.33. The Morgan fingerprint density at radius 1 is 1.03 bits per heavy atom. The van der Waals surface area contributed by atoms with Crippen molar-refractivity contribution in [3.63, 3.8) is 0 Å². The maximum absolute atomic E-state index is 13.7. The molecule has 0 aliphatic rings. The zero-order chi connectivity index (χ0) is 22.1. The van der Waals surface area contributed by atoms with Gasteiger partial charge in [-0.3, -0.25) is 4.57 Å². The molecule has 31 heavy (non-hydrogen) atoms. The first-order valence-corrected chi connectivity index (χ1v) is 9.29. The topological polar surface area (TPSA) is 82.7 Å². The zero-order valence-corrected chi connectivity index (χ0v) is 17.0. The molecule has 10 heteroatoms. The highest BCUT2D eigenvalue weighted by Crippen LogP contribution is 2.34. The number of aryl methyl sites for hydroxylation is 1. The van der Waals surface area contributed by atoms with Crippen molar-refractivity contribution in [3.05, 3.63) is 75.8 Å². The number of anilines is 2. The van der Waals surface area contributed by atoms with Crippen molar-refractivity contribution in [2.45, 2.75) is 13.5 Å². The monoisotopic (exact) mass is 427 g/mol. The molecule has 0 spiro atoms. The molecule has 0 saturated carbocycles. The zero-order valence-electron chi connectivity index (χ0n) is 17.0. The average molecular weight is 427 g/mol. The summed E-state index contributed by atoms with van der Waals surface area (Å²) in [5.41, 5.74) is 1.60. The largest absolute Gasteiger partial charge is 0.493 e. The highest BCUT2D eigenvalue weighted by molar-refractivity contribution is 5.65. The van der Waals surface area contributed by atoms with Crippen LogP contribution in [0.3, 0.4) is 0 Å². The van der Waals surface area contributed by atoms with Crippen LogP contribution >= 0.6 is 0 Å². The van der Waals surface area contributed by atoms with E-state index in [2.05, 4.69) is 15.4 Å². The van der Waals surface area contributed by atoms with Crippen LogP contribution in [0.4, 0.5) is 20.4 Å². The van der Waals surface area contributed by atoms with Crippen molar-refractivity contribution in [1.29, 1.82) is 0 Å². The molecule has 2 aromatic carbocycles. The van der Waals surface area contributed by atoms with Crippen LogP contribution in [0.2, 0.25) is 0 Å². The highest BCUT2D eigenvalue weighted by Gasteiger charge is 2.16. The fraction of sp³-hybridized carbons (Fsp3) is 0.190. The van der Waals surface area contributed by atoms with E-state index in [4.69, 9.17) is 9.47 Å². The van der Waals surface area contributed by atoms with Gasteiger partial charge in [0, 0.05) is 23.9 Å². The molecule has 0 fully saturated rings. The summed E-state index contributed by atoms with van der Waals surface area (Å²) in [7, 11) is 3.05. The lowest BCUT2D eigenvalue weighted by Gasteiger charge is -2.18. The van der Waals surface area contributed by atoms with Crippen LogP contribution in [-0.2, 0) is 6.54 Å². The first kappa shape index (κ1) is 20.3. The molecule has 8 nitrogen and oxygen atoms in total. The molecule has 0 aliphatic heterocycles. The molecule has 0 unspecified atom stereocenters. The van der Waals surface area contributed by atoms with Gasteiger partial charge in [0.2, 0.25) is 5.95 Å². The first-order valence-electron chi connectivity index (χ1n) is 9.29. The number of methoxy groups -OCH3 is 2. The van der Waals surface area contributed by atoms with E-state index >= 15 is 0 Å².